The van der Waals surface area contributed by atoms with Crippen molar-refractivity contribution in [3.63, 3.8) is 0 Å². The average Bonchev–Trinajstić information content (AvgIpc) is 2.89. The highest BCUT2D eigenvalue weighted by atomic mass is 32.2. The predicted octanol–water partition coefficient (Wildman–Crippen LogP) is 3.49. The zero-order chi connectivity index (χ0) is 15.5. The number of anilines is 1. The maximum absolute atomic E-state index is 12.4. The van der Waals surface area contributed by atoms with Gasteiger partial charge < -0.3 is 4.74 Å². The van der Waals surface area contributed by atoms with E-state index in [4.69, 9.17) is 4.74 Å². The maximum atomic E-state index is 12.4. The van der Waals surface area contributed by atoms with Gasteiger partial charge in [0, 0.05) is 16.7 Å². The normalized spacial score (nSPS) is 14.8. The summed E-state index contributed by atoms with van der Waals surface area (Å²) in [6.45, 7) is 0. The van der Waals surface area contributed by atoms with Gasteiger partial charge in [-0.05, 0) is 24.3 Å². The minimum absolute atomic E-state index is 0.0673. The number of methoxy groups -OCH3 is 1. The molecule has 0 atom stereocenters. The van der Waals surface area contributed by atoms with Gasteiger partial charge in [-0.15, -0.1) is 0 Å². The Hall–Kier alpha value is -2.53. The number of fused-ring (bicyclic) bond motifs is 1. The van der Waals surface area contributed by atoms with Gasteiger partial charge in [-0.2, -0.15) is 0 Å². The zero-order valence-electron chi connectivity index (χ0n) is 11.9. The Labute approximate surface area is 132 Å². The lowest BCUT2D eigenvalue weighted by Crippen LogP contribution is -2.15. The molecule has 1 heterocycles. The van der Waals surface area contributed by atoms with Crippen LogP contribution in [-0.4, -0.2) is 19.3 Å². The summed E-state index contributed by atoms with van der Waals surface area (Å²) in [5.41, 5.74) is 1.27. The first-order valence-corrected chi connectivity index (χ1v) is 7.46. The lowest BCUT2D eigenvalue weighted by molar-refractivity contribution is -0.107. The highest BCUT2D eigenvalue weighted by Crippen LogP contribution is 2.40. The first-order chi connectivity index (χ1) is 10.7. The second-order valence-electron chi connectivity index (χ2n) is 4.61. The van der Waals surface area contributed by atoms with E-state index in [0.29, 0.717) is 28.3 Å². The van der Waals surface area contributed by atoms with Gasteiger partial charge in [-0.1, -0.05) is 36.0 Å². The average molecular weight is 311 g/mol. The summed E-state index contributed by atoms with van der Waals surface area (Å²) in [6, 6.07) is 14.6. The summed E-state index contributed by atoms with van der Waals surface area (Å²) in [7, 11) is 1.54. The fourth-order valence-electron chi connectivity index (χ4n) is 2.25. The number of ketones is 1. The molecule has 3 rings (SSSR count). The number of hydrogen-bond acceptors (Lipinski definition) is 4. The van der Waals surface area contributed by atoms with Gasteiger partial charge >= 0.3 is 0 Å². The van der Waals surface area contributed by atoms with Gasteiger partial charge in [-0.25, -0.2) is 0 Å². The first kappa shape index (κ1) is 14.4. The van der Waals surface area contributed by atoms with Crippen molar-refractivity contribution in [2.45, 2.75) is 4.90 Å². The topological polar surface area (TPSA) is 46.6 Å². The first-order valence-electron chi connectivity index (χ1n) is 6.64. The largest absolute Gasteiger partial charge is 0.495 e. The number of para-hydroxylation sites is 2. The van der Waals surface area contributed by atoms with Crippen LogP contribution in [0.5, 0.6) is 5.75 Å². The molecule has 0 fully saturated rings. The van der Waals surface area contributed by atoms with Gasteiger partial charge in [0.05, 0.1) is 17.7 Å². The summed E-state index contributed by atoms with van der Waals surface area (Å²) in [5, 5.41) is 0. The molecule has 0 aromatic heterocycles. The minimum Gasteiger partial charge on any atom is -0.495 e. The minimum atomic E-state index is -0.0673. The number of benzene rings is 2. The number of allylic oxidation sites excluding steroid dienone is 1. The van der Waals surface area contributed by atoms with Crippen LogP contribution < -0.4 is 9.64 Å². The molecule has 4 nitrogen and oxygen atoms in total. The summed E-state index contributed by atoms with van der Waals surface area (Å²) in [5.74, 6) is 0.502. The van der Waals surface area contributed by atoms with Crippen molar-refractivity contribution < 1.29 is 14.3 Å². The van der Waals surface area contributed by atoms with Crippen molar-refractivity contribution in [2.75, 3.05) is 12.0 Å². The van der Waals surface area contributed by atoms with Crippen LogP contribution in [0.3, 0.4) is 0 Å². The molecule has 1 aliphatic rings. The third-order valence-electron chi connectivity index (χ3n) is 3.31. The van der Waals surface area contributed by atoms with Crippen molar-refractivity contribution in [3.8, 4) is 5.75 Å². The molecule has 110 valence electrons. The van der Waals surface area contributed by atoms with Gasteiger partial charge in [0.25, 0.3) is 0 Å². The standard InChI is InChI=1S/C17H13NO3S/c1-21-14-8-4-3-7-13(14)18(11-19)10-16-17(20)12-6-2-5-9-15(12)22-16/h2-11H,1H3/b16-10-. The lowest BCUT2D eigenvalue weighted by atomic mass is 10.1. The molecule has 5 heteroatoms. The molecule has 0 radical (unpaired) electrons. The molecule has 22 heavy (non-hydrogen) atoms. The summed E-state index contributed by atoms with van der Waals surface area (Å²) < 4.78 is 5.26. The number of Topliss-reactive ketones (excluding diaryl/α,β-unsaturated/α-hetero) is 1. The van der Waals surface area contributed by atoms with E-state index in [2.05, 4.69) is 0 Å². The van der Waals surface area contributed by atoms with E-state index in [1.165, 1.54) is 16.7 Å². The number of rotatable bonds is 4. The number of ether oxygens (including phenoxy) is 1. The zero-order valence-corrected chi connectivity index (χ0v) is 12.7. The molecule has 0 saturated carbocycles. The molecular formula is C17H13NO3S. The Morgan fingerprint density at radius 2 is 1.82 bits per heavy atom. The quantitative estimate of drug-likeness (QED) is 0.640. The van der Waals surface area contributed by atoms with E-state index in [9.17, 15) is 9.59 Å². The van der Waals surface area contributed by atoms with Crippen LogP contribution in [0.1, 0.15) is 10.4 Å². The summed E-state index contributed by atoms with van der Waals surface area (Å²) in [4.78, 5) is 26.6. The fourth-order valence-corrected chi connectivity index (χ4v) is 3.28. The molecule has 2 aromatic rings. The number of thioether (sulfide) groups is 1. The monoisotopic (exact) mass is 311 g/mol. The Morgan fingerprint density at radius 3 is 2.55 bits per heavy atom. The molecule has 0 N–H and O–H groups in total. The molecule has 0 spiro atoms. The van der Waals surface area contributed by atoms with Gasteiger partial charge in [-0.3, -0.25) is 14.5 Å². The molecule has 0 unspecified atom stereocenters. The van der Waals surface area contributed by atoms with Crippen LogP contribution >= 0.6 is 11.8 Å². The van der Waals surface area contributed by atoms with E-state index in [1.807, 2.05) is 30.3 Å². The Balaban J connectivity index is 1.97. The highest BCUT2D eigenvalue weighted by Gasteiger charge is 2.26. The third kappa shape index (κ3) is 2.51. The van der Waals surface area contributed by atoms with Crippen LogP contribution in [0.25, 0.3) is 0 Å². The van der Waals surface area contributed by atoms with Crippen LogP contribution in [0.15, 0.2) is 64.5 Å². The highest BCUT2D eigenvalue weighted by molar-refractivity contribution is 8.04. The van der Waals surface area contributed by atoms with E-state index >= 15 is 0 Å². The number of carbonyl (C=O) groups is 2. The maximum Gasteiger partial charge on any atom is 0.218 e. The second-order valence-corrected chi connectivity index (χ2v) is 5.69. The summed E-state index contributed by atoms with van der Waals surface area (Å²) in [6.07, 6.45) is 2.22. The van der Waals surface area contributed by atoms with Crippen LogP contribution in [0, 0.1) is 0 Å². The summed E-state index contributed by atoms with van der Waals surface area (Å²) >= 11 is 1.37. The molecule has 0 bridgehead atoms. The number of carbonyl (C=O) groups excluding carboxylic acids is 2. The van der Waals surface area contributed by atoms with Crippen LogP contribution in [0.2, 0.25) is 0 Å². The fraction of sp³-hybridized carbons (Fsp3) is 0.0588. The second kappa shape index (κ2) is 6.07. The van der Waals surface area contributed by atoms with E-state index in [0.717, 1.165) is 4.90 Å². The van der Waals surface area contributed by atoms with Crippen molar-refractivity contribution in [3.05, 3.63) is 65.2 Å². The molecular weight excluding hydrogens is 298 g/mol. The number of amides is 1. The third-order valence-corrected chi connectivity index (χ3v) is 4.40. The van der Waals surface area contributed by atoms with Crippen LogP contribution in [-0.2, 0) is 4.79 Å². The Kier molecular flexibility index (Phi) is 3.98. The lowest BCUT2D eigenvalue weighted by Gasteiger charge is -2.16. The van der Waals surface area contributed by atoms with Crippen molar-refractivity contribution in [2.24, 2.45) is 0 Å². The van der Waals surface area contributed by atoms with Crippen molar-refractivity contribution in [1.29, 1.82) is 0 Å². The van der Waals surface area contributed by atoms with E-state index in [-0.39, 0.29) is 5.78 Å². The van der Waals surface area contributed by atoms with E-state index in [1.54, 1.807) is 31.5 Å². The van der Waals surface area contributed by atoms with Gasteiger partial charge in [0.1, 0.15) is 5.75 Å². The van der Waals surface area contributed by atoms with Gasteiger partial charge in [0.2, 0.25) is 12.2 Å². The SMILES string of the molecule is COc1ccccc1N(C=O)/C=C1\Sc2ccccc2C1=O. The van der Waals surface area contributed by atoms with Crippen molar-refractivity contribution >= 4 is 29.6 Å². The molecule has 0 saturated heterocycles. The number of nitrogens with zero attached hydrogens (tertiary/aromatic N) is 1. The Bertz CT molecular complexity index is 770. The van der Waals surface area contributed by atoms with Gasteiger partial charge in [0.15, 0.2) is 0 Å². The molecule has 2 aromatic carbocycles. The number of hydrogen-bond donors (Lipinski definition) is 0. The van der Waals surface area contributed by atoms with E-state index < -0.39 is 0 Å². The molecule has 0 aliphatic carbocycles. The van der Waals surface area contributed by atoms with Crippen LogP contribution in [0.4, 0.5) is 5.69 Å². The smallest absolute Gasteiger partial charge is 0.218 e. The molecule has 1 amide bonds. The predicted molar refractivity (Wildman–Crippen MR) is 86.2 cm³/mol. The Morgan fingerprint density at radius 1 is 1.09 bits per heavy atom. The van der Waals surface area contributed by atoms with Crippen molar-refractivity contribution in [1.82, 2.24) is 0 Å². The molecule has 1 aliphatic heterocycles.